The first-order valence-electron chi connectivity index (χ1n) is 19.2. The van der Waals surface area contributed by atoms with Crippen LogP contribution in [-0.4, -0.2) is 51.0 Å². The Morgan fingerprint density at radius 2 is 1.64 bits per heavy atom. The SMILES string of the molecule is CCc1c(-c2ccc(NC(=O)C(c3cnn(C(C)C)c3C(N)=O)C(C3CCCCC3)C3CCCCC3)nc2)c(C)nn1COCC[Si](C)(C)C. The summed E-state index contributed by atoms with van der Waals surface area (Å²) in [5.74, 6) is 0.189. The summed E-state index contributed by atoms with van der Waals surface area (Å²) in [6.45, 7) is 16.4. The summed E-state index contributed by atoms with van der Waals surface area (Å²) in [5, 5.41) is 12.7. The number of carbonyl (C=O) groups is 2. The van der Waals surface area contributed by atoms with Gasteiger partial charge < -0.3 is 15.8 Å². The first-order valence-corrected chi connectivity index (χ1v) is 22.9. The summed E-state index contributed by atoms with van der Waals surface area (Å²) in [6.07, 6.45) is 16.0. The van der Waals surface area contributed by atoms with E-state index in [-0.39, 0.29) is 17.9 Å². The number of anilines is 1. The van der Waals surface area contributed by atoms with Crippen LogP contribution in [0, 0.1) is 24.7 Å². The van der Waals surface area contributed by atoms with E-state index in [1.165, 1.54) is 38.5 Å². The van der Waals surface area contributed by atoms with Crippen molar-refractivity contribution in [2.24, 2.45) is 23.5 Å². The molecule has 1 atom stereocenters. The maximum atomic E-state index is 14.7. The smallest absolute Gasteiger partial charge is 0.267 e. The number of pyridine rings is 1. The molecule has 2 fully saturated rings. The number of nitrogens with two attached hydrogens (primary N) is 1. The molecule has 0 spiro atoms. The lowest BCUT2D eigenvalue weighted by Crippen LogP contribution is -2.39. The molecule has 5 rings (SSSR count). The van der Waals surface area contributed by atoms with Gasteiger partial charge in [0.2, 0.25) is 5.91 Å². The third kappa shape index (κ3) is 8.94. The third-order valence-electron chi connectivity index (χ3n) is 11.0. The van der Waals surface area contributed by atoms with Gasteiger partial charge in [0.25, 0.3) is 5.91 Å². The highest BCUT2D eigenvalue weighted by atomic mass is 28.3. The normalized spacial score (nSPS) is 17.1. The number of aryl methyl sites for hydroxylation is 1. The van der Waals surface area contributed by atoms with Crippen molar-refractivity contribution < 1.29 is 14.3 Å². The molecular weight excluding hydrogens is 643 g/mol. The average molecular weight is 704 g/mol. The van der Waals surface area contributed by atoms with Crippen LogP contribution in [0.3, 0.4) is 0 Å². The highest BCUT2D eigenvalue weighted by Crippen LogP contribution is 2.48. The second kappa shape index (κ2) is 16.8. The van der Waals surface area contributed by atoms with Crippen molar-refractivity contribution in [2.45, 2.75) is 143 Å². The minimum atomic E-state index is -1.17. The van der Waals surface area contributed by atoms with Crippen molar-refractivity contribution in [1.82, 2.24) is 24.5 Å². The van der Waals surface area contributed by atoms with Crippen molar-refractivity contribution in [3.05, 3.63) is 47.2 Å². The molecule has 3 heterocycles. The second-order valence-corrected chi connectivity index (χ2v) is 21.9. The molecule has 3 aromatic rings. The predicted octanol–water partition coefficient (Wildman–Crippen LogP) is 8.50. The van der Waals surface area contributed by atoms with E-state index in [0.29, 0.717) is 35.6 Å². The minimum Gasteiger partial charge on any atom is -0.364 e. The lowest BCUT2D eigenvalue weighted by atomic mass is 9.63. The Morgan fingerprint density at radius 1 is 1.00 bits per heavy atom. The zero-order valence-electron chi connectivity index (χ0n) is 31.6. The Morgan fingerprint density at radius 3 is 2.16 bits per heavy atom. The molecule has 1 unspecified atom stereocenters. The van der Waals surface area contributed by atoms with E-state index in [0.717, 1.165) is 67.3 Å². The van der Waals surface area contributed by atoms with E-state index in [1.807, 2.05) is 43.8 Å². The molecule has 0 aliphatic heterocycles. The number of nitrogens with zero attached hydrogens (tertiary/aromatic N) is 5. The first kappa shape index (κ1) is 37.9. The number of primary amides is 1. The zero-order chi connectivity index (χ0) is 36.0. The molecule has 50 heavy (non-hydrogen) atoms. The lowest BCUT2D eigenvalue weighted by Gasteiger charge is -2.41. The first-order chi connectivity index (χ1) is 23.9. The van der Waals surface area contributed by atoms with Gasteiger partial charge in [0.15, 0.2) is 0 Å². The Hall–Kier alpha value is -3.31. The maximum absolute atomic E-state index is 14.7. The van der Waals surface area contributed by atoms with Crippen LogP contribution in [0.2, 0.25) is 25.7 Å². The zero-order valence-corrected chi connectivity index (χ0v) is 32.6. The van der Waals surface area contributed by atoms with Gasteiger partial charge in [-0.15, -0.1) is 0 Å². The number of amides is 2. The van der Waals surface area contributed by atoms with Crippen molar-refractivity contribution >= 4 is 25.7 Å². The summed E-state index contributed by atoms with van der Waals surface area (Å²) in [5.41, 5.74) is 11.1. The van der Waals surface area contributed by atoms with Crippen LogP contribution in [-0.2, 0) is 22.7 Å². The van der Waals surface area contributed by atoms with Gasteiger partial charge in [-0.05, 0) is 63.1 Å². The predicted molar refractivity (Wildman–Crippen MR) is 203 cm³/mol. The van der Waals surface area contributed by atoms with E-state index in [2.05, 4.69) is 37.0 Å². The Bertz CT molecular complexity index is 1560. The summed E-state index contributed by atoms with van der Waals surface area (Å²) < 4.78 is 9.71. The van der Waals surface area contributed by atoms with Gasteiger partial charge in [-0.3, -0.25) is 14.3 Å². The van der Waals surface area contributed by atoms with Crippen LogP contribution in [0.1, 0.15) is 124 Å². The van der Waals surface area contributed by atoms with E-state index in [9.17, 15) is 9.59 Å². The topological polar surface area (TPSA) is 130 Å². The second-order valence-electron chi connectivity index (χ2n) is 16.2. The van der Waals surface area contributed by atoms with Crippen LogP contribution < -0.4 is 11.1 Å². The number of hydrogen-bond acceptors (Lipinski definition) is 6. The number of ether oxygens (including phenoxy) is 1. The summed E-state index contributed by atoms with van der Waals surface area (Å²) in [4.78, 5) is 32.5. The minimum absolute atomic E-state index is 0.0653. The highest BCUT2D eigenvalue weighted by Gasteiger charge is 2.43. The summed E-state index contributed by atoms with van der Waals surface area (Å²) in [6, 6.07) is 4.95. The van der Waals surface area contributed by atoms with Crippen LogP contribution >= 0.6 is 0 Å². The van der Waals surface area contributed by atoms with E-state index in [4.69, 9.17) is 20.6 Å². The van der Waals surface area contributed by atoms with Gasteiger partial charge in [-0.2, -0.15) is 10.2 Å². The van der Waals surface area contributed by atoms with Gasteiger partial charge in [0.05, 0.1) is 17.8 Å². The molecule has 2 aliphatic rings. The molecule has 274 valence electrons. The molecule has 2 saturated carbocycles. The molecule has 2 aliphatic carbocycles. The Kier molecular flexibility index (Phi) is 12.7. The molecule has 0 saturated heterocycles. The van der Waals surface area contributed by atoms with Crippen molar-refractivity contribution in [3.8, 4) is 11.1 Å². The number of carbonyl (C=O) groups excluding carboxylic acids is 2. The van der Waals surface area contributed by atoms with Gasteiger partial charge in [-0.25, -0.2) is 9.67 Å². The van der Waals surface area contributed by atoms with Crippen LogP contribution in [0.5, 0.6) is 0 Å². The highest BCUT2D eigenvalue weighted by molar-refractivity contribution is 6.76. The van der Waals surface area contributed by atoms with Gasteiger partial charge in [-0.1, -0.05) is 90.8 Å². The fourth-order valence-electron chi connectivity index (χ4n) is 8.56. The van der Waals surface area contributed by atoms with Crippen molar-refractivity contribution in [1.29, 1.82) is 0 Å². The molecule has 11 heteroatoms. The van der Waals surface area contributed by atoms with Crippen LogP contribution in [0.25, 0.3) is 11.1 Å². The van der Waals surface area contributed by atoms with Gasteiger partial charge in [0.1, 0.15) is 18.2 Å². The third-order valence-corrected chi connectivity index (χ3v) is 12.7. The molecule has 10 nitrogen and oxygen atoms in total. The molecule has 2 amide bonds. The number of hydrogen-bond donors (Lipinski definition) is 2. The van der Waals surface area contributed by atoms with Crippen LogP contribution in [0.4, 0.5) is 5.82 Å². The standard InChI is InChI=1S/C39H61N7O3Si/c1-8-32-34(27(4)44-45(32)25-49-21-22-50(5,6)7)30-19-20-33(41-23-30)43-39(48)36(31-24-42-46(26(2)3)37(31)38(40)47)35(28-15-11-9-12-16-28)29-17-13-10-14-18-29/h19-20,23-24,26,28-29,35-36H,8-18,21-22,25H2,1-7H3,(H2,40,47)(H,41,43,48). The largest absolute Gasteiger partial charge is 0.364 e. The van der Waals surface area contributed by atoms with E-state index < -0.39 is 19.9 Å². The molecule has 0 bridgehead atoms. The van der Waals surface area contributed by atoms with Crippen LogP contribution in [0.15, 0.2) is 24.5 Å². The van der Waals surface area contributed by atoms with Gasteiger partial charge >= 0.3 is 0 Å². The fourth-order valence-corrected chi connectivity index (χ4v) is 9.32. The average Bonchev–Trinajstić information content (AvgIpc) is 3.67. The number of nitrogens with one attached hydrogen (secondary N) is 1. The lowest BCUT2D eigenvalue weighted by molar-refractivity contribution is -0.120. The molecule has 3 aromatic heterocycles. The maximum Gasteiger partial charge on any atom is 0.267 e. The molecule has 0 aromatic carbocycles. The number of rotatable bonds is 15. The summed E-state index contributed by atoms with van der Waals surface area (Å²) in [7, 11) is -1.17. The molecular formula is C39H61N7O3Si. The molecule has 3 N–H and O–H groups in total. The van der Waals surface area contributed by atoms with Gasteiger partial charge in [0, 0.05) is 49.3 Å². The molecule has 0 radical (unpaired) electrons. The Labute approximate surface area is 300 Å². The summed E-state index contributed by atoms with van der Waals surface area (Å²) >= 11 is 0. The monoisotopic (exact) mass is 703 g/mol. The quantitative estimate of drug-likeness (QED) is 0.121. The fraction of sp³-hybridized carbons (Fsp3) is 0.667. The van der Waals surface area contributed by atoms with E-state index in [1.54, 1.807) is 10.9 Å². The van der Waals surface area contributed by atoms with Crippen molar-refractivity contribution in [3.63, 3.8) is 0 Å². The van der Waals surface area contributed by atoms with Crippen molar-refractivity contribution in [2.75, 3.05) is 11.9 Å². The van der Waals surface area contributed by atoms with E-state index >= 15 is 0 Å². The number of aromatic nitrogens is 5. The Balaban J connectivity index is 1.45.